The fraction of sp³-hybridized carbons (Fsp3) is 0.571. The fourth-order valence-electron chi connectivity index (χ4n) is 1.90. The lowest BCUT2D eigenvalue weighted by Gasteiger charge is -2.17. The molecule has 18 heavy (non-hydrogen) atoms. The van der Waals surface area contributed by atoms with Crippen LogP contribution < -0.4 is 5.32 Å². The molecular formula is C14H23NO2S. The molecule has 0 bridgehead atoms. The minimum absolute atomic E-state index is 0.247. The molecule has 0 saturated heterocycles. The first kappa shape index (κ1) is 15.2. The maximum Gasteiger partial charge on any atom is 0.147 e. The number of hydrogen-bond acceptors (Lipinski definition) is 3. The number of sulfone groups is 1. The number of nitrogens with one attached hydrogen (secondary N) is 1. The van der Waals surface area contributed by atoms with Gasteiger partial charge in [-0.25, -0.2) is 8.42 Å². The van der Waals surface area contributed by atoms with Crippen LogP contribution in [0.3, 0.4) is 0 Å². The lowest BCUT2D eigenvalue weighted by atomic mass is 9.95. The van der Waals surface area contributed by atoms with Crippen LogP contribution in [0.4, 0.5) is 0 Å². The molecular weight excluding hydrogens is 246 g/mol. The van der Waals surface area contributed by atoms with Crippen molar-refractivity contribution in [2.75, 3.05) is 25.1 Å². The summed E-state index contributed by atoms with van der Waals surface area (Å²) in [6.07, 6.45) is 1.97. The van der Waals surface area contributed by atoms with E-state index in [9.17, 15) is 8.42 Å². The largest absolute Gasteiger partial charge is 0.316 e. The van der Waals surface area contributed by atoms with E-state index >= 15 is 0 Å². The molecule has 0 heterocycles. The molecule has 1 unspecified atom stereocenters. The Morgan fingerprint density at radius 1 is 1.22 bits per heavy atom. The van der Waals surface area contributed by atoms with E-state index in [-0.39, 0.29) is 11.7 Å². The van der Waals surface area contributed by atoms with Crippen LogP contribution in [0.1, 0.15) is 30.4 Å². The third-order valence-corrected chi connectivity index (χ3v) is 4.00. The third kappa shape index (κ3) is 5.65. The zero-order valence-corrected chi connectivity index (χ0v) is 12.3. The number of likely N-dealkylation sites (N-methyl/N-ethyl adjacent to an activating group) is 1. The van der Waals surface area contributed by atoms with Crippen molar-refractivity contribution in [1.29, 1.82) is 0 Å². The van der Waals surface area contributed by atoms with Gasteiger partial charge in [0.25, 0.3) is 0 Å². The molecule has 1 aromatic carbocycles. The van der Waals surface area contributed by atoms with E-state index < -0.39 is 9.84 Å². The quantitative estimate of drug-likeness (QED) is 0.825. The molecule has 1 N–H and O–H groups in total. The number of benzene rings is 1. The zero-order chi connectivity index (χ0) is 13.6. The Morgan fingerprint density at radius 2 is 1.83 bits per heavy atom. The molecule has 0 aliphatic heterocycles. The van der Waals surface area contributed by atoms with Crippen LogP contribution in [-0.4, -0.2) is 33.5 Å². The first-order valence-electron chi connectivity index (χ1n) is 6.37. The van der Waals surface area contributed by atoms with Gasteiger partial charge in [0.1, 0.15) is 9.84 Å². The summed E-state index contributed by atoms with van der Waals surface area (Å²) in [5, 5.41) is 3.30. The molecule has 0 saturated carbocycles. The van der Waals surface area contributed by atoms with Crippen molar-refractivity contribution in [3.63, 3.8) is 0 Å². The fourth-order valence-corrected chi connectivity index (χ4v) is 2.61. The van der Waals surface area contributed by atoms with Gasteiger partial charge >= 0.3 is 0 Å². The highest BCUT2D eigenvalue weighted by molar-refractivity contribution is 7.90. The summed E-state index contributed by atoms with van der Waals surface area (Å²) in [6.45, 7) is 5.85. The van der Waals surface area contributed by atoms with Crippen molar-refractivity contribution >= 4 is 9.84 Å². The highest BCUT2D eigenvalue weighted by Crippen LogP contribution is 2.20. The predicted octanol–water partition coefficient (Wildman–Crippen LogP) is 2.12. The summed E-state index contributed by atoms with van der Waals surface area (Å²) in [5.41, 5.74) is 2.44. The minimum Gasteiger partial charge on any atom is -0.316 e. The van der Waals surface area contributed by atoms with Crippen LogP contribution in [0.5, 0.6) is 0 Å². The number of rotatable bonds is 7. The van der Waals surface area contributed by atoms with E-state index in [0.717, 1.165) is 13.1 Å². The molecule has 0 aliphatic rings. The van der Waals surface area contributed by atoms with Crippen molar-refractivity contribution in [3.05, 3.63) is 35.4 Å². The van der Waals surface area contributed by atoms with Crippen LogP contribution in [0.15, 0.2) is 24.3 Å². The average Bonchev–Trinajstić information content (AvgIpc) is 2.29. The molecule has 0 aromatic heterocycles. The average molecular weight is 269 g/mol. The standard InChI is InChI=1S/C14H23NO2S/c1-4-15-11-14(9-10-18(3,16)17)13-7-5-12(2)6-8-13/h5-8,14-15H,4,9-11H2,1-3H3. The molecule has 1 rings (SSSR count). The van der Waals surface area contributed by atoms with Crippen molar-refractivity contribution in [1.82, 2.24) is 5.32 Å². The molecule has 4 heteroatoms. The highest BCUT2D eigenvalue weighted by atomic mass is 32.2. The lowest BCUT2D eigenvalue weighted by molar-refractivity contribution is 0.566. The van der Waals surface area contributed by atoms with E-state index in [2.05, 4.69) is 43.4 Å². The SMILES string of the molecule is CCNCC(CCS(C)(=O)=O)c1ccc(C)cc1. The molecule has 0 fully saturated rings. The molecule has 0 spiro atoms. The maximum atomic E-state index is 11.3. The van der Waals surface area contributed by atoms with Gasteiger partial charge in [0.15, 0.2) is 0 Å². The Morgan fingerprint density at radius 3 is 2.33 bits per heavy atom. The molecule has 1 atom stereocenters. The normalized spacial score (nSPS) is 13.5. The minimum atomic E-state index is -2.89. The topological polar surface area (TPSA) is 46.2 Å². The smallest absolute Gasteiger partial charge is 0.147 e. The first-order valence-corrected chi connectivity index (χ1v) is 8.43. The summed E-state index contributed by atoms with van der Waals surface area (Å²) in [5.74, 6) is 0.511. The van der Waals surface area contributed by atoms with Gasteiger partial charge in [-0.15, -0.1) is 0 Å². The van der Waals surface area contributed by atoms with Gasteiger partial charge < -0.3 is 5.32 Å². The lowest BCUT2D eigenvalue weighted by Crippen LogP contribution is -2.23. The van der Waals surface area contributed by atoms with E-state index in [1.165, 1.54) is 17.4 Å². The molecule has 102 valence electrons. The predicted molar refractivity (Wildman–Crippen MR) is 76.8 cm³/mol. The summed E-state index contributed by atoms with van der Waals surface area (Å²) in [4.78, 5) is 0. The van der Waals surface area contributed by atoms with Crippen LogP contribution in [0.25, 0.3) is 0 Å². The Hall–Kier alpha value is -0.870. The van der Waals surface area contributed by atoms with Crippen molar-refractivity contribution < 1.29 is 8.42 Å². The highest BCUT2D eigenvalue weighted by Gasteiger charge is 2.14. The van der Waals surface area contributed by atoms with Gasteiger partial charge in [0.2, 0.25) is 0 Å². The molecule has 1 aromatic rings. The van der Waals surface area contributed by atoms with E-state index in [1.807, 2.05) is 0 Å². The zero-order valence-electron chi connectivity index (χ0n) is 11.4. The summed E-state index contributed by atoms with van der Waals surface area (Å²) >= 11 is 0. The van der Waals surface area contributed by atoms with Gasteiger partial charge in [-0.3, -0.25) is 0 Å². The van der Waals surface area contributed by atoms with Crippen LogP contribution in [-0.2, 0) is 9.84 Å². The summed E-state index contributed by atoms with van der Waals surface area (Å²) < 4.78 is 22.5. The van der Waals surface area contributed by atoms with Crippen LogP contribution in [0, 0.1) is 6.92 Å². The number of aryl methyl sites for hydroxylation is 1. The van der Waals surface area contributed by atoms with Crippen LogP contribution >= 0.6 is 0 Å². The molecule has 0 amide bonds. The second-order valence-corrected chi connectivity index (χ2v) is 7.09. The third-order valence-electron chi connectivity index (χ3n) is 3.03. The van der Waals surface area contributed by atoms with Gasteiger partial charge in [-0.2, -0.15) is 0 Å². The van der Waals surface area contributed by atoms with Gasteiger partial charge in [-0.1, -0.05) is 36.8 Å². The second kappa shape index (κ2) is 6.90. The van der Waals surface area contributed by atoms with E-state index in [4.69, 9.17) is 0 Å². The maximum absolute atomic E-state index is 11.3. The van der Waals surface area contributed by atoms with E-state index in [0.29, 0.717) is 6.42 Å². The van der Waals surface area contributed by atoms with Crippen LogP contribution in [0.2, 0.25) is 0 Å². The molecule has 0 radical (unpaired) electrons. The molecule has 0 aliphatic carbocycles. The van der Waals surface area contributed by atoms with Crippen molar-refractivity contribution in [2.24, 2.45) is 0 Å². The van der Waals surface area contributed by atoms with Gasteiger partial charge in [0.05, 0.1) is 5.75 Å². The van der Waals surface area contributed by atoms with E-state index in [1.54, 1.807) is 0 Å². The Balaban J connectivity index is 2.74. The van der Waals surface area contributed by atoms with Crippen molar-refractivity contribution in [3.8, 4) is 0 Å². The monoisotopic (exact) mass is 269 g/mol. The Bertz CT molecular complexity index is 451. The van der Waals surface area contributed by atoms with Crippen molar-refractivity contribution in [2.45, 2.75) is 26.2 Å². The first-order chi connectivity index (χ1) is 8.42. The van der Waals surface area contributed by atoms with Gasteiger partial charge in [0, 0.05) is 12.8 Å². The second-order valence-electron chi connectivity index (χ2n) is 4.83. The number of hydrogen-bond donors (Lipinski definition) is 1. The Kier molecular flexibility index (Phi) is 5.82. The molecule has 3 nitrogen and oxygen atoms in total. The Labute approximate surface area is 111 Å². The summed E-state index contributed by atoms with van der Waals surface area (Å²) in [7, 11) is -2.89. The summed E-state index contributed by atoms with van der Waals surface area (Å²) in [6, 6.07) is 8.35. The van der Waals surface area contributed by atoms with Gasteiger partial charge in [-0.05, 0) is 31.4 Å².